The Hall–Kier alpha value is -3.02. The van der Waals surface area contributed by atoms with Crippen LogP contribution >= 0.6 is 0 Å². The number of carbonyl (C=O) groups is 4. The van der Waals surface area contributed by atoms with Crippen molar-refractivity contribution in [2.75, 3.05) is 6.61 Å². The van der Waals surface area contributed by atoms with Crippen LogP contribution in [0, 0.1) is 5.92 Å². The number of aliphatic hydroxyl groups excluding tert-OH is 2. The predicted octanol–water partition coefficient (Wildman–Crippen LogP) is -1.49. The van der Waals surface area contributed by atoms with Crippen LogP contribution in [0.2, 0.25) is 0 Å². The van der Waals surface area contributed by atoms with Crippen LogP contribution in [0.15, 0.2) is 30.3 Å². The molecule has 0 fully saturated rings. The van der Waals surface area contributed by atoms with Crippen molar-refractivity contribution in [3.8, 4) is 0 Å². The molecule has 6 atom stereocenters. The molecule has 6 unspecified atom stereocenters. The lowest BCUT2D eigenvalue weighted by atomic mass is 9.97. The van der Waals surface area contributed by atoms with E-state index in [9.17, 15) is 29.4 Å². The highest BCUT2D eigenvalue weighted by atomic mass is 16.4. The van der Waals surface area contributed by atoms with Crippen LogP contribution in [0.5, 0.6) is 0 Å². The Morgan fingerprint density at radius 2 is 1.52 bits per heavy atom. The van der Waals surface area contributed by atoms with Gasteiger partial charge in [0.25, 0.3) is 0 Å². The van der Waals surface area contributed by atoms with Gasteiger partial charge in [0.2, 0.25) is 17.7 Å². The fourth-order valence-electron chi connectivity index (χ4n) is 3.02. The van der Waals surface area contributed by atoms with E-state index in [1.807, 2.05) is 37.3 Å². The van der Waals surface area contributed by atoms with Crippen molar-refractivity contribution < 1.29 is 34.5 Å². The minimum absolute atomic E-state index is 0.263. The highest BCUT2D eigenvalue weighted by Crippen LogP contribution is 2.10. The molecule has 1 aromatic carbocycles. The number of aliphatic carboxylic acids is 1. The molecule has 0 saturated heterocycles. The molecule has 184 valence electrons. The maximum absolute atomic E-state index is 12.9. The molecule has 0 aromatic heterocycles. The molecule has 0 aliphatic heterocycles. The van der Waals surface area contributed by atoms with Crippen LogP contribution in [-0.2, 0) is 25.6 Å². The summed E-state index contributed by atoms with van der Waals surface area (Å²) in [6.07, 6.45) is -0.621. The van der Waals surface area contributed by atoms with Gasteiger partial charge in [-0.15, -0.1) is 0 Å². The zero-order chi connectivity index (χ0) is 25.1. The molecular formula is C22H34N4O7. The van der Waals surface area contributed by atoms with Crippen molar-refractivity contribution in [1.82, 2.24) is 16.0 Å². The number of amides is 3. The van der Waals surface area contributed by atoms with Gasteiger partial charge in [0.1, 0.15) is 12.1 Å². The molecule has 11 heteroatoms. The Balaban J connectivity index is 2.87. The summed E-state index contributed by atoms with van der Waals surface area (Å²) in [7, 11) is 0. The molecule has 0 bridgehead atoms. The van der Waals surface area contributed by atoms with Crippen molar-refractivity contribution in [3.63, 3.8) is 0 Å². The summed E-state index contributed by atoms with van der Waals surface area (Å²) in [5, 5.41) is 35.2. The minimum atomic E-state index is -1.62. The van der Waals surface area contributed by atoms with Gasteiger partial charge in [0.05, 0.1) is 18.8 Å². The van der Waals surface area contributed by atoms with Gasteiger partial charge < -0.3 is 37.0 Å². The second kappa shape index (κ2) is 13.5. The van der Waals surface area contributed by atoms with Crippen molar-refractivity contribution >= 4 is 23.7 Å². The number of hydrogen-bond donors (Lipinski definition) is 7. The molecule has 0 aliphatic carbocycles. The first-order chi connectivity index (χ1) is 15.5. The lowest BCUT2D eigenvalue weighted by Gasteiger charge is -2.27. The Kier molecular flexibility index (Phi) is 11.5. The maximum atomic E-state index is 12.9. The first-order valence-corrected chi connectivity index (χ1v) is 10.7. The summed E-state index contributed by atoms with van der Waals surface area (Å²) in [6, 6.07) is 4.08. The van der Waals surface area contributed by atoms with Crippen LogP contribution in [0.25, 0.3) is 0 Å². The van der Waals surface area contributed by atoms with E-state index in [1.54, 1.807) is 6.92 Å². The van der Waals surface area contributed by atoms with Gasteiger partial charge >= 0.3 is 5.97 Å². The van der Waals surface area contributed by atoms with Crippen molar-refractivity contribution in [2.45, 2.75) is 63.9 Å². The fraction of sp³-hybridized carbons (Fsp3) is 0.545. The van der Waals surface area contributed by atoms with E-state index in [2.05, 4.69) is 16.0 Å². The quantitative estimate of drug-likeness (QED) is 0.183. The second-order valence-corrected chi connectivity index (χ2v) is 7.98. The van der Waals surface area contributed by atoms with Gasteiger partial charge in [0, 0.05) is 0 Å². The average Bonchev–Trinajstić information content (AvgIpc) is 2.78. The summed E-state index contributed by atoms with van der Waals surface area (Å²) >= 11 is 0. The predicted molar refractivity (Wildman–Crippen MR) is 120 cm³/mol. The van der Waals surface area contributed by atoms with E-state index in [0.717, 1.165) is 5.56 Å². The standard InChI is InChI=1S/C22H34N4O7/c1-4-12(2)17(25-19(29)15(23)10-14-8-6-5-7-9-14)21(31)24-16(11-27)20(30)26-18(13(3)28)22(32)33/h5-9,12-13,15-18,27-28H,4,10-11,23H2,1-3H3,(H,24,31)(H,25,29)(H,26,30)(H,32,33). The van der Waals surface area contributed by atoms with Gasteiger partial charge in [-0.3, -0.25) is 14.4 Å². The van der Waals surface area contributed by atoms with Crippen molar-refractivity contribution in [1.29, 1.82) is 0 Å². The van der Waals surface area contributed by atoms with Gasteiger partial charge in [-0.25, -0.2) is 4.79 Å². The molecule has 0 radical (unpaired) electrons. The minimum Gasteiger partial charge on any atom is -0.480 e. The number of rotatable bonds is 13. The third kappa shape index (κ3) is 8.79. The lowest BCUT2D eigenvalue weighted by Crippen LogP contribution is -2.60. The molecule has 0 spiro atoms. The van der Waals surface area contributed by atoms with E-state index >= 15 is 0 Å². The first-order valence-electron chi connectivity index (χ1n) is 10.7. The summed E-state index contributed by atoms with van der Waals surface area (Å²) in [6.45, 7) is 3.91. The topological polar surface area (TPSA) is 191 Å². The SMILES string of the molecule is CCC(C)C(NC(=O)C(N)Cc1ccccc1)C(=O)NC(CO)C(=O)NC(C(=O)O)C(C)O. The maximum Gasteiger partial charge on any atom is 0.328 e. The highest BCUT2D eigenvalue weighted by Gasteiger charge is 2.33. The van der Waals surface area contributed by atoms with Crippen molar-refractivity contribution in [3.05, 3.63) is 35.9 Å². The number of carbonyl (C=O) groups excluding carboxylic acids is 3. The Bertz CT molecular complexity index is 803. The van der Waals surface area contributed by atoms with E-state index in [-0.39, 0.29) is 12.3 Å². The number of nitrogens with two attached hydrogens (primary N) is 1. The van der Waals surface area contributed by atoms with Crippen LogP contribution in [0.4, 0.5) is 0 Å². The zero-order valence-corrected chi connectivity index (χ0v) is 19.0. The van der Waals surface area contributed by atoms with Crippen LogP contribution in [0.1, 0.15) is 32.8 Å². The molecule has 1 aromatic rings. The molecule has 0 heterocycles. The average molecular weight is 467 g/mol. The highest BCUT2D eigenvalue weighted by molar-refractivity contribution is 5.94. The number of nitrogens with one attached hydrogen (secondary N) is 3. The summed E-state index contributed by atoms with van der Waals surface area (Å²) in [5.41, 5.74) is 6.85. The van der Waals surface area contributed by atoms with Crippen molar-refractivity contribution in [2.24, 2.45) is 11.7 Å². The number of aliphatic hydroxyl groups is 2. The lowest BCUT2D eigenvalue weighted by molar-refractivity contribution is -0.145. The van der Waals surface area contributed by atoms with Crippen LogP contribution in [0.3, 0.4) is 0 Å². The third-order valence-electron chi connectivity index (χ3n) is 5.29. The zero-order valence-electron chi connectivity index (χ0n) is 19.0. The van der Waals surface area contributed by atoms with E-state index < -0.39 is 60.6 Å². The number of benzene rings is 1. The van der Waals surface area contributed by atoms with Gasteiger partial charge in [0.15, 0.2) is 6.04 Å². The molecular weight excluding hydrogens is 432 g/mol. The van der Waals surface area contributed by atoms with Gasteiger partial charge in [-0.05, 0) is 24.8 Å². The van der Waals surface area contributed by atoms with E-state index in [1.165, 1.54) is 6.92 Å². The normalized spacial score (nSPS) is 16.4. The summed E-state index contributed by atoms with van der Waals surface area (Å²) in [4.78, 5) is 49.0. The van der Waals surface area contributed by atoms with Gasteiger partial charge in [-0.1, -0.05) is 50.6 Å². The molecule has 11 nitrogen and oxygen atoms in total. The molecule has 3 amide bonds. The van der Waals surface area contributed by atoms with E-state index in [4.69, 9.17) is 10.8 Å². The Morgan fingerprint density at radius 1 is 0.939 bits per heavy atom. The molecule has 33 heavy (non-hydrogen) atoms. The molecule has 8 N–H and O–H groups in total. The Morgan fingerprint density at radius 3 is 2.00 bits per heavy atom. The largest absolute Gasteiger partial charge is 0.480 e. The monoisotopic (exact) mass is 466 g/mol. The smallest absolute Gasteiger partial charge is 0.328 e. The summed E-state index contributed by atoms with van der Waals surface area (Å²) < 4.78 is 0. The molecule has 0 aliphatic rings. The van der Waals surface area contributed by atoms with E-state index in [0.29, 0.717) is 6.42 Å². The second-order valence-electron chi connectivity index (χ2n) is 7.98. The van der Waals surface area contributed by atoms with Gasteiger partial charge in [-0.2, -0.15) is 0 Å². The summed E-state index contributed by atoms with van der Waals surface area (Å²) in [5.74, 6) is -4.08. The third-order valence-corrected chi connectivity index (χ3v) is 5.29. The van der Waals surface area contributed by atoms with Crippen LogP contribution in [-0.4, -0.2) is 75.9 Å². The molecule has 1 rings (SSSR count). The first kappa shape index (κ1) is 28.0. The fourth-order valence-corrected chi connectivity index (χ4v) is 3.02. The number of hydrogen-bond acceptors (Lipinski definition) is 7. The molecule has 0 saturated carbocycles. The number of carboxylic acids is 1. The van der Waals surface area contributed by atoms with Crippen LogP contribution < -0.4 is 21.7 Å². The Labute approximate surface area is 192 Å². The number of carboxylic acid groups (broad SMARTS) is 1.